The minimum Gasteiger partial charge on any atom is -0.497 e. The first kappa shape index (κ1) is 14.9. The fourth-order valence-corrected chi connectivity index (χ4v) is 3.40. The first-order valence-corrected chi connectivity index (χ1v) is 8.15. The summed E-state index contributed by atoms with van der Waals surface area (Å²) in [6.45, 7) is 8.23. The highest BCUT2D eigenvalue weighted by atomic mass is 16.5. The third-order valence-electron chi connectivity index (χ3n) is 5.40. The Morgan fingerprint density at radius 2 is 1.89 bits per heavy atom. The standard InChI is InChI=1S/C17H31NO/c1-4-17(2,3)14-8-10-15(11-9-14)18-13-16-7-5-6-12-19-16/h6,12,14-16,18H,4-5,7-11,13H2,1-3H3. The van der Waals surface area contributed by atoms with Crippen molar-refractivity contribution >= 4 is 0 Å². The second-order valence-corrected chi connectivity index (χ2v) is 7.01. The average Bonchev–Trinajstić information content (AvgIpc) is 2.47. The second kappa shape index (κ2) is 6.78. The highest BCUT2D eigenvalue weighted by Gasteiger charge is 2.31. The molecule has 1 N–H and O–H groups in total. The van der Waals surface area contributed by atoms with Crippen molar-refractivity contribution in [1.29, 1.82) is 0 Å². The number of nitrogens with one attached hydrogen (secondary N) is 1. The molecule has 1 saturated carbocycles. The van der Waals surface area contributed by atoms with E-state index in [0.717, 1.165) is 18.5 Å². The molecular formula is C17H31NO. The van der Waals surface area contributed by atoms with Crippen molar-refractivity contribution in [2.45, 2.75) is 77.9 Å². The minimum atomic E-state index is 0.398. The Bertz CT molecular complexity index is 290. The van der Waals surface area contributed by atoms with Crippen LogP contribution in [0.5, 0.6) is 0 Å². The molecule has 0 spiro atoms. The summed E-state index contributed by atoms with van der Waals surface area (Å²) in [5.41, 5.74) is 0.530. The molecule has 1 heterocycles. The van der Waals surface area contributed by atoms with Crippen LogP contribution in [0.4, 0.5) is 0 Å². The van der Waals surface area contributed by atoms with Gasteiger partial charge in [-0.15, -0.1) is 0 Å². The highest BCUT2D eigenvalue weighted by molar-refractivity contribution is 4.87. The molecule has 1 aliphatic heterocycles. The molecule has 0 bridgehead atoms. The number of rotatable bonds is 5. The van der Waals surface area contributed by atoms with E-state index in [9.17, 15) is 0 Å². The van der Waals surface area contributed by atoms with E-state index in [2.05, 4.69) is 32.2 Å². The number of hydrogen-bond donors (Lipinski definition) is 1. The van der Waals surface area contributed by atoms with E-state index in [1.807, 2.05) is 6.26 Å². The van der Waals surface area contributed by atoms with Crippen LogP contribution in [0.1, 0.15) is 65.7 Å². The van der Waals surface area contributed by atoms with Gasteiger partial charge in [0.25, 0.3) is 0 Å². The number of ether oxygens (including phenoxy) is 1. The Kier molecular flexibility index (Phi) is 5.32. The van der Waals surface area contributed by atoms with Crippen molar-refractivity contribution in [3.05, 3.63) is 12.3 Å². The molecule has 0 aromatic heterocycles. The van der Waals surface area contributed by atoms with Gasteiger partial charge in [-0.1, -0.05) is 27.2 Å². The normalized spacial score (nSPS) is 32.1. The lowest BCUT2D eigenvalue weighted by molar-refractivity contribution is 0.105. The molecule has 2 aliphatic rings. The zero-order chi connectivity index (χ0) is 13.7. The van der Waals surface area contributed by atoms with Gasteiger partial charge in [-0.05, 0) is 55.9 Å². The van der Waals surface area contributed by atoms with Gasteiger partial charge in [0, 0.05) is 12.6 Å². The van der Waals surface area contributed by atoms with Crippen LogP contribution >= 0.6 is 0 Å². The third kappa shape index (κ3) is 4.24. The lowest BCUT2D eigenvalue weighted by atomic mass is 9.69. The molecule has 0 aromatic carbocycles. The SMILES string of the molecule is CCC(C)(C)C1CCC(NCC2CCC=CO2)CC1. The molecule has 1 fully saturated rings. The molecule has 1 aliphatic carbocycles. The van der Waals surface area contributed by atoms with Gasteiger partial charge in [-0.25, -0.2) is 0 Å². The van der Waals surface area contributed by atoms with Crippen LogP contribution in [0.15, 0.2) is 12.3 Å². The van der Waals surface area contributed by atoms with Crippen LogP contribution in [-0.4, -0.2) is 18.7 Å². The molecule has 0 saturated heterocycles. The smallest absolute Gasteiger partial charge is 0.110 e. The van der Waals surface area contributed by atoms with E-state index in [1.165, 1.54) is 44.9 Å². The monoisotopic (exact) mass is 265 g/mol. The Morgan fingerprint density at radius 3 is 2.47 bits per heavy atom. The lowest BCUT2D eigenvalue weighted by Gasteiger charge is -2.39. The summed E-state index contributed by atoms with van der Waals surface area (Å²) < 4.78 is 5.62. The van der Waals surface area contributed by atoms with Crippen molar-refractivity contribution in [3.8, 4) is 0 Å². The molecule has 0 amide bonds. The largest absolute Gasteiger partial charge is 0.497 e. The van der Waals surface area contributed by atoms with Crippen LogP contribution in [0.3, 0.4) is 0 Å². The second-order valence-electron chi connectivity index (χ2n) is 7.01. The molecule has 110 valence electrons. The maximum Gasteiger partial charge on any atom is 0.110 e. The molecule has 19 heavy (non-hydrogen) atoms. The van der Waals surface area contributed by atoms with Crippen LogP contribution in [0, 0.1) is 11.3 Å². The van der Waals surface area contributed by atoms with Crippen molar-refractivity contribution in [2.75, 3.05) is 6.54 Å². The van der Waals surface area contributed by atoms with Crippen molar-refractivity contribution in [1.82, 2.24) is 5.32 Å². The van der Waals surface area contributed by atoms with Crippen molar-refractivity contribution in [2.24, 2.45) is 11.3 Å². The summed E-state index contributed by atoms with van der Waals surface area (Å²) in [4.78, 5) is 0. The van der Waals surface area contributed by atoms with Gasteiger partial charge in [-0.3, -0.25) is 0 Å². The van der Waals surface area contributed by atoms with Gasteiger partial charge in [0.2, 0.25) is 0 Å². The van der Waals surface area contributed by atoms with Gasteiger partial charge in [0.15, 0.2) is 0 Å². The van der Waals surface area contributed by atoms with Crippen LogP contribution in [-0.2, 0) is 4.74 Å². The Hall–Kier alpha value is -0.500. The van der Waals surface area contributed by atoms with E-state index in [-0.39, 0.29) is 0 Å². The summed E-state index contributed by atoms with van der Waals surface area (Å²) in [5.74, 6) is 0.921. The molecule has 0 aromatic rings. The van der Waals surface area contributed by atoms with E-state index < -0.39 is 0 Å². The van der Waals surface area contributed by atoms with E-state index in [4.69, 9.17) is 4.74 Å². The van der Waals surface area contributed by atoms with Gasteiger partial charge in [0.05, 0.1) is 6.26 Å². The predicted octanol–water partition coefficient (Wildman–Crippen LogP) is 4.26. The molecular weight excluding hydrogens is 234 g/mol. The molecule has 1 atom stereocenters. The molecule has 2 nitrogen and oxygen atoms in total. The van der Waals surface area contributed by atoms with Crippen LogP contribution in [0.25, 0.3) is 0 Å². The fourth-order valence-electron chi connectivity index (χ4n) is 3.40. The summed E-state index contributed by atoms with van der Waals surface area (Å²) >= 11 is 0. The van der Waals surface area contributed by atoms with Crippen molar-refractivity contribution in [3.63, 3.8) is 0 Å². The molecule has 0 radical (unpaired) electrons. The van der Waals surface area contributed by atoms with Gasteiger partial charge >= 0.3 is 0 Å². The number of hydrogen-bond acceptors (Lipinski definition) is 2. The first-order chi connectivity index (χ1) is 9.12. The summed E-state index contributed by atoms with van der Waals surface area (Å²) in [5, 5.41) is 3.72. The van der Waals surface area contributed by atoms with Gasteiger partial charge in [0.1, 0.15) is 6.10 Å². The average molecular weight is 265 g/mol. The Morgan fingerprint density at radius 1 is 1.16 bits per heavy atom. The third-order valence-corrected chi connectivity index (χ3v) is 5.40. The van der Waals surface area contributed by atoms with Crippen molar-refractivity contribution < 1.29 is 4.74 Å². The summed E-state index contributed by atoms with van der Waals surface area (Å²) in [7, 11) is 0. The highest BCUT2D eigenvalue weighted by Crippen LogP contribution is 2.40. The first-order valence-electron chi connectivity index (χ1n) is 8.15. The Labute approximate surface area is 119 Å². The van der Waals surface area contributed by atoms with E-state index >= 15 is 0 Å². The zero-order valence-electron chi connectivity index (χ0n) is 13.0. The van der Waals surface area contributed by atoms with Gasteiger partial charge in [-0.2, -0.15) is 0 Å². The molecule has 2 heteroatoms. The Balaban J connectivity index is 1.67. The predicted molar refractivity (Wildman–Crippen MR) is 81.1 cm³/mol. The van der Waals surface area contributed by atoms with E-state index in [1.54, 1.807) is 0 Å². The molecule has 2 rings (SSSR count). The topological polar surface area (TPSA) is 21.3 Å². The maximum absolute atomic E-state index is 5.62. The fraction of sp³-hybridized carbons (Fsp3) is 0.882. The van der Waals surface area contributed by atoms with E-state index in [0.29, 0.717) is 11.5 Å². The number of allylic oxidation sites excluding steroid dienone is 1. The quantitative estimate of drug-likeness (QED) is 0.802. The van der Waals surface area contributed by atoms with Crippen LogP contribution < -0.4 is 5.32 Å². The lowest BCUT2D eigenvalue weighted by Crippen LogP contribution is -2.40. The van der Waals surface area contributed by atoms with Crippen LogP contribution in [0.2, 0.25) is 0 Å². The molecule has 1 unspecified atom stereocenters. The van der Waals surface area contributed by atoms with Gasteiger partial charge < -0.3 is 10.1 Å². The summed E-state index contributed by atoms with van der Waals surface area (Å²) in [6, 6.07) is 0.721. The zero-order valence-corrected chi connectivity index (χ0v) is 13.0. The minimum absolute atomic E-state index is 0.398. The maximum atomic E-state index is 5.62. The summed E-state index contributed by atoms with van der Waals surface area (Å²) in [6.07, 6.45) is 13.5.